The largest absolute Gasteiger partial charge is 0.333 e. The highest BCUT2D eigenvalue weighted by Gasteiger charge is 2.35. The van der Waals surface area contributed by atoms with Gasteiger partial charge in [0, 0.05) is 23.9 Å². The Kier molecular flexibility index (Phi) is 6.04. The maximum absolute atomic E-state index is 13.4. The van der Waals surface area contributed by atoms with Crippen molar-refractivity contribution in [3.05, 3.63) is 57.3 Å². The Bertz CT molecular complexity index is 869. The molecule has 0 spiro atoms. The molecule has 2 amide bonds. The summed E-state index contributed by atoms with van der Waals surface area (Å²) in [6.45, 7) is 5.72. The number of thiophene rings is 1. The lowest BCUT2D eigenvalue weighted by atomic mass is 9.84. The van der Waals surface area contributed by atoms with Crippen LogP contribution < -0.4 is 0 Å². The van der Waals surface area contributed by atoms with Gasteiger partial charge in [0.05, 0.1) is 12.6 Å². The van der Waals surface area contributed by atoms with Gasteiger partial charge in [-0.2, -0.15) is 0 Å². The monoisotopic (exact) mass is 410 g/mol. The van der Waals surface area contributed by atoms with Crippen LogP contribution in [-0.2, 0) is 16.0 Å². The van der Waals surface area contributed by atoms with Gasteiger partial charge in [-0.05, 0) is 55.2 Å². The molecule has 4 rings (SSSR count). The Morgan fingerprint density at radius 2 is 1.93 bits per heavy atom. The van der Waals surface area contributed by atoms with Gasteiger partial charge in [0.1, 0.15) is 0 Å². The Morgan fingerprint density at radius 1 is 1.17 bits per heavy atom. The van der Waals surface area contributed by atoms with Gasteiger partial charge < -0.3 is 9.80 Å². The van der Waals surface area contributed by atoms with Crippen LogP contribution in [0.25, 0.3) is 0 Å². The highest BCUT2D eigenvalue weighted by molar-refractivity contribution is 7.10. The summed E-state index contributed by atoms with van der Waals surface area (Å²) >= 11 is 1.78. The average Bonchev–Trinajstić information content (AvgIpc) is 3.15. The van der Waals surface area contributed by atoms with Crippen molar-refractivity contribution in [2.24, 2.45) is 5.92 Å². The second-order valence-electron chi connectivity index (χ2n) is 8.34. The van der Waals surface area contributed by atoms with Crippen LogP contribution in [0.2, 0.25) is 0 Å². The quantitative estimate of drug-likeness (QED) is 0.700. The van der Waals surface area contributed by atoms with Crippen LogP contribution in [0, 0.1) is 12.8 Å². The van der Waals surface area contributed by atoms with Gasteiger partial charge in [0.15, 0.2) is 0 Å². The summed E-state index contributed by atoms with van der Waals surface area (Å²) < 4.78 is 0. The molecule has 1 aromatic carbocycles. The molecule has 1 atom stereocenters. The molecule has 0 N–H and O–H groups in total. The Balaban J connectivity index is 1.58. The van der Waals surface area contributed by atoms with E-state index in [9.17, 15) is 9.59 Å². The van der Waals surface area contributed by atoms with E-state index in [1.165, 1.54) is 16.0 Å². The molecule has 0 unspecified atom stereocenters. The minimum absolute atomic E-state index is 0.0552. The number of rotatable bonds is 6. The first-order chi connectivity index (χ1) is 14.1. The predicted octanol–water partition coefficient (Wildman–Crippen LogP) is 4.57. The number of carbonyl (C=O) groups is 2. The van der Waals surface area contributed by atoms with Crippen molar-refractivity contribution < 1.29 is 9.59 Å². The molecule has 1 fully saturated rings. The fourth-order valence-corrected chi connectivity index (χ4v) is 5.30. The average molecular weight is 411 g/mol. The summed E-state index contributed by atoms with van der Waals surface area (Å²) in [5, 5.41) is 2.13. The third-order valence-electron chi connectivity index (χ3n) is 6.27. The van der Waals surface area contributed by atoms with E-state index in [1.807, 2.05) is 9.80 Å². The number of benzene rings is 1. The van der Waals surface area contributed by atoms with Crippen molar-refractivity contribution in [3.63, 3.8) is 0 Å². The first-order valence-corrected chi connectivity index (χ1v) is 11.7. The Morgan fingerprint density at radius 3 is 2.59 bits per heavy atom. The van der Waals surface area contributed by atoms with E-state index in [0.717, 1.165) is 37.7 Å². The minimum atomic E-state index is -0.0552. The normalized spacial score (nSPS) is 18.8. The molecule has 4 nitrogen and oxygen atoms in total. The third kappa shape index (κ3) is 4.11. The Hall–Kier alpha value is -2.14. The number of hydrogen-bond donors (Lipinski definition) is 0. The smallest absolute Gasteiger partial charge is 0.242 e. The van der Waals surface area contributed by atoms with Gasteiger partial charge in [-0.15, -0.1) is 11.3 Å². The van der Waals surface area contributed by atoms with Gasteiger partial charge in [0.25, 0.3) is 0 Å². The van der Waals surface area contributed by atoms with E-state index >= 15 is 0 Å². The van der Waals surface area contributed by atoms with Crippen LogP contribution in [0.1, 0.15) is 60.2 Å². The second kappa shape index (κ2) is 8.70. The molecule has 0 bridgehead atoms. The van der Waals surface area contributed by atoms with Crippen molar-refractivity contribution in [1.29, 1.82) is 0 Å². The number of fused-ring (bicyclic) bond motifs is 1. The molecular weight excluding hydrogens is 380 g/mol. The summed E-state index contributed by atoms with van der Waals surface area (Å²) in [6.07, 6.45) is 4.85. The van der Waals surface area contributed by atoms with Gasteiger partial charge in [-0.3, -0.25) is 9.59 Å². The minimum Gasteiger partial charge on any atom is -0.333 e. The van der Waals surface area contributed by atoms with Crippen LogP contribution in [0.15, 0.2) is 35.7 Å². The van der Waals surface area contributed by atoms with E-state index in [0.29, 0.717) is 13.1 Å². The molecule has 2 heterocycles. The highest BCUT2D eigenvalue weighted by Crippen LogP contribution is 2.38. The summed E-state index contributed by atoms with van der Waals surface area (Å²) in [6, 6.07) is 10.6. The topological polar surface area (TPSA) is 40.6 Å². The second-order valence-corrected chi connectivity index (χ2v) is 9.34. The van der Waals surface area contributed by atoms with E-state index in [4.69, 9.17) is 0 Å². The van der Waals surface area contributed by atoms with Crippen LogP contribution >= 0.6 is 11.3 Å². The van der Waals surface area contributed by atoms with Crippen molar-refractivity contribution in [2.45, 2.75) is 52.0 Å². The molecule has 154 valence electrons. The number of nitrogens with zero attached hydrogens (tertiary/aromatic N) is 2. The highest BCUT2D eigenvalue weighted by atomic mass is 32.1. The predicted molar refractivity (Wildman–Crippen MR) is 117 cm³/mol. The maximum Gasteiger partial charge on any atom is 0.242 e. The number of hydrogen-bond acceptors (Lipinski definition) is 3. The number of amides is 2. The first kappa shape index (κ1) is 20.1. The van der Waals surface area contributed by atoms with Crippen molar-refractivity contribution >= 4 is 23.2 Å². The summed E-state index contributed by atoms with van der Waals surface area (Å²) in [5.74, 6) is 0.368. The third-order valence-corrected chi connectivity index (χ3v) is 7.26. The number of aryl methyl sites for hydroxylation is 1. The number of carbonyl (C=O) groups excluding carboxylic acids is 2. The molecule has 0 radical (unpaired) electrons. The van der Waals surface area contributed by atoms with E-state index in [-0.39, 0.29) is 30.3 Å². The molecule has 1 aliphatic carbocycles. The zero-order valence-electron chi connectivity index (χ0n) is 17.4. The van der Waals surface area contributed by atoms with E-state index < -0.39 is 0 Å². The standard InChI is InChI=1S/C24H30N2O2S/c1-3-13-25(24(28)19-5-4-6-19)16-22(27)26-14-11-21-20(12-15-29-21)23(26)18-9-7-17(2)8-10-18/h7-10,12,15,19,23H,3-6,11,13-14,16H2,1-2H3/t23-/m0/s1. The fourth-order valence-electron chi connectivity index (χ4n) is 4.40. The molecule has 0 saturated heterocycles. The Labute approximate surface area is 177 Å². The molecule has 2 aromatic rings. The van der Waals surface area contributed by atoms with Crippen LogP contribution in [0.3, 0.4) is 0 Å². The summed E-state index contributed by atoms with van der Waals surface area (Å²) in [7, 11) is 0. The molecule has 1 aliphatic heterocycles. The molecule has 2 aliphatic rings. The van der Waals surface area contributed by atoms with Gasteiger partial charge in [0.2, 0.25) is 11.8 Å². The SMILES string of the molecule is CCCN(CC(=O)N1CCc2sccc2[C@@H]1c1ccc(C)cc1)C(=O)C1CCC1. The fraction of sp³-hybridized carbons (Fsp3) is 0.500. The lowest BCUT2D eigenvalue weighted by Gasteiger charge is -2.38. The van der Waals surface area contributed by atoms with E-state index in [2.05, 4.69) is 49.6 Å². The van der Waals surface area contributed by atoms with Crippen molar-refractivity contribution in [1.82, 2.24) is 9.80 Å². The van der Waals surface area contributed by atoms with Crippen LogP contribution in [0.5, 0.6) is 0 Å². The van der Waals surface area contributed by atoms with Gasteiger partial charge >= 0.3 is 0 Å². The molecule has 1 aromatic heterocycles. The van der Waals surface area contributed by atoms with E-state index in [1.54, 1.807) is 11.3 Å². The first-order valence-electron chi connectivity index (χ1n) is 10.8. The van der Waals surface area contributed by atoms with Crippen LogP contribution in [0.4, 0.5) is 0 Å². The molecule has 1 saturated carbocycles. The lowest BCUT2D eigenvalue weighted by Crippen LogP contribution is -2.48. The van der Waals surface area contributed by atoms with Crippen LogP contribution in [-0.4, -0.2) is 41.2 Å². The maximum atomic E-state index is 13.4. The molecular formula is C24H30N2O2S. The van der Waals surface area contributed by atoms with Gasteiger partial charge in [-0.25, -0.2) is 0 Å². The lowest BCUT2D eigenvalue weighted by molar-refractivity contribution is -0.145. The zero-order valence-corrected chi connectivity index (χ0v) is 18.2. The molecule has 29 heavy (non-hydrogen) atoms. The summed E-state index contributed by atoms with van der Waals surface area (Å²) in [4.78, 5) is 31.4. The van der Waals surface area contributed by atoms with Crippen molar-refractivity contribution in [3.8, 4) is 0 Å². The zero-order chi connectivity index (χ0) is 20.4. The van der Waals surface area contributed by atoms with Crippen molar-refractivity contribution in [2.75, 3.05) is 19.6 Å². The summed E-state index contributed by atoms with van der Waals surface area (Å²) in [5.41, 5.74) is 3.61. The molecule has 5 heteroatoms. The van der Waals surface area contributed by atoms with Gasteiger partial charge in [-0.1, -0.05) is 43.2 Å².